The van der Waals surface area contributed by atoms with Gasteiger partial charge in [-0.05, 0) is 6.92 Å². The van der Waals surface area contributed by atoms with Crippen LogP contribution >= 0.6 is 0 Å². The van der Waals surface area contributed by atoms with Crippen molar-refractivity contribution in [2.75, 3.05) is 20.3 Å². The fourth-order valence-corrected chi connectivity index (χ4v) is 0.473. The predicted molar refractivity (Wildman–Crippen MR) is 39.7 cm³/mol. The monoisotopic (exact) mass is 143 g/mol. The van der Waals surface area contributed by atoms with Gasteiger partial charge in [-0.2, -0.15) is 0 Å². The van der Waals surface area contributed by atoms with Crippen molar-refractivity contribution in [3.8, 4) is 0 Å². The second-order valence-corrected chi connectivity index (χ2v) is 1.81. The smallest absolute Gasteiger partial charge is 0.246 e. The maximum absolute atomic E-state index is 10.6. The first kappa shape index (κ1) is 9.17. The summed E-state index contributed by atoms with van der Waals surface area (Å²) in [6, 6.07) is 0. The molecule has 0 spiro atoms. The first-order chi connectivity index (χ1) is 4.81. The number of carbonyl (C=O) groups is 1. The van der Waals surface area contributed by atoms with Crippen LogP contribution in [0.3, 0.4) is 0 Å². The van der Waals surface area contributed by atoms with Gasteiger partial charge in [0.2, 0.25) is 5.91 Å². The largest absolute Gasteiger partial charge is 0.375 e. The van der Waals surface area contributed by atoms with Gasteiger partial charge in [0, 0.05) is 13.7 Å². The van der Waals surface area contributed by atoms with Gasteiger partial charge in [-0.1, -0.05) is 12.2 Å². The van der Waals surface area contributed by atoms with Crippen LogP contribution in [-0.2, 0) is 9.53 Å². The third kappa shape index (κ3) is 5.31. The summed E-state index contributed by atoms with van der Waals surface area (Å²) in [5.74, 6) is -0.0828. The molecule has 0 saturated carbocycles. The molecule has 0 unspecified atom stereocenters. The number of hydrogen-bond acceptors (Lipinski definition) is 2. The molecule has 1 N–H and O–H groups in total. The summed E-state index contributed by atoms with van der Waals surface area (Å²) in [4.78, 5) is 10.6. The molecule has 0 aliphatic rings. The lowest BCUT2D eigenvalue weighted by Gasteiger charge is -1.98. The highest BCUT2D eigenvalue weighted by Crippen LogP contribution is 1.70. The number of ether oxygens (including phenoxy) is 1. The number of rotatable bonds is 4. The molecule has 0 heterocycles. The molecule has 3 nitrogen and oxygen atoms in total. The first-order valence-electron chi connectivity index (χ1n) is 3.18. The summed E-state index contributed by atoms with van der Waals surface area (Å²) in [6.07, 6.45) is 3.75. The molecule has 0 bridgehead atoms. The fraction of sp³-hybridized carbons (Fsp3) is 0.571. The molecule has 0 atom stereocenters. The van der Waals surface area contributed by atoms with Crippen molar-refractivity contribution in [1.29, 1.82) is 0 Å². The van der Waals surface area contributed by atoms with Crippen molar-refractivity contribution in [3.05, 3.63) is 12.2 Å². The normalized spacial score (nSPS) is 10.2. The molecule has 0 aromatic heterocycles. The zero-order valence-electron chi connectivity index (χ0n) is 6.39. The van der Waals surface area contributed by atoms with Crippen LogP contribution in [0.1, 0.15) is 6.92 Å². The van der Waals surface area contributed by atoms with Crippen LogP contribution < -0.4 is 5.32 Å². The van der Waals surface area contributed by atoms with Gasteiger partial charge in [0.1, 0.15) is 6.61 Å². The second kappa shape index (κ2) is 6.29. The van der Waals surface area contributed by atoms with Crippen molar-refractivity contribution in [1.82, 2.24) is 5.32 Å². The van der Waals surface area contributed by atoms with Crippen LogP contribution in [0.15, 0.2) is 12.2 Å². The Hall–Kier alpha value is -0.830. The first-order valence-corrected chi connectivity index (χ1v) is 3.18. The van der Waals surface area contributed by atoms with E-state index in [4.69, 9.17) is 0 Å². The van der Waals surface area contributed by atoms with Gasteiger partial charge in [0.15, 0.2) is 0 Å². The van der Waals surface area contributed by atoms with Crippen molar-refractivity contribution >= 4 is 5.91 Å². The average Bonchev–Trinajstić information content (AvgIpc) is 1.89. The van der Waals surface area contributed by atoms with E-state index >= 15 is 0 Å². The lowest BCUT2D eigenvalue weighted by atomic mass is 10.5. The Morgan fingerprint density at radius 2 is 2.40 bits per heavy atom. The molecule has 58 valence electrons. The highest BCUT2D eigenvalue weighted by Gasteiger charge is 1.94. The Morgan fingerprint density at radius 1 is 1.70 bits per heavy atom. The SMILES string of the molecule is C/C=C/CNC(=O)COC. The Labute approximate surface area is 61.1 Å². The Kier molecular flexibility index (Phi) is 5.77. The molecule has 10 heavy (non-hydrogen) atoms. The van der Waals surface area contributed by atoms with Crippen molar-refractivity contribution < 1.29 is 9.53 Å². The molecule has 0 rings (SSSR count). The molecule has 0 saturated heterocycles. The van der Waals surface area contributed by atoms with E-state index in [0.717, 1.165) is 0 Å². The summed E-state index contributed by atoms with van der Waals surface area (Å²) >= 11 is 0. The van der Waals surface area contributed by atoms with E-state index in [9.17, 15) is 4.79 Å². The standard InChI is InChI=1S/C7H13NO2/c1-3-4-5-8-7(9)6-10-2/h3-4H,5-6H2,1-2H3,(H,8,9)/b4-3+. The van der Waals surface area contributed by atoms with Crippen molar-refractivity contribution in [2.24, 2.45) is 0 Å². The molecule has 0 aliphatic heterocycles. The van der Waals surface area contributed by atoms with E-state index in [1.807, 2.05) is 19.1 Å². The molecule has 0 radical (unpaired) electrons. The van der Waals surface area contributed by atoms with Crippen LogP contribution in [-0.4, -0.2) is 26.2 Å². The van der Waals surface area contributed by atoms with E-state index in [-0.39, 0.29) is 12.5 Å². The van der Waals surface area contributed by atoms with Gasteiger partial charge in [0.25, 0.3) is 0 Å². The minimum atomic E-state index is -0.0828. The van der Waals surface area contributed by atoms with Gasteiger partial charge in [-0.15, -0.1) is 0 Å². The van der Waals surface area contributed by atoms with Gasteiger partial charge in [-0.25, -0.2) is 0 Å². The number of allylic oxidation sites excluding steroid dienone is 1. The molecule has 0 fully saturated rings. The Morgan fingerprint density at radius 3 is 2.90 bits per heavy atom. The Balaban J connectivity index is 3.21. The van der Waals surface area contributed by atoms with E-state index in [0.29, 0.717) is 6.54 Å². The quantitative estimate of drug-likeness (QED) is 0.576. The lowest BCUT2D eigenvalue weighted by molar-refractivity contribution is -0.124. The van der Waals surface area contributed by atoms with E-state index in [1.54, 1.807) is 0 Å². The van der Waals surface area contributed by atoms with Gasteiger partial charge in [0.05, 0.1) is 0 Å². The number of carbonyl (C=O) groups excluding carboxylic acids is 1. The molecular weight excluding hydrogens is 130 g/mol. The van der Waals surface area contributed by atoms with Crippen LogP contribution in [0.25, 0.3) is 0 Å². The number of amides is 1. The molecule has 0 aromatic carbocycles. The highest BCUT2D eigenvalue weighted by atomic mass is 16.5. The summed E-state index contributed by atoms with van der Waals surface area (Å²) in [7, 11) is 1.50. The topological polar surface area (TPSA) is 38.3 Å². The van der Waals surface area contributed by atoms with E-state index in [2.05, 4.69) is 10.1 Å². The van der Waals surface area contributed by atoms with Crippen LogP contribution in [0.2, 0.25) is 0 Å². The third-order valence-electron chi connectivity index (χ3n) is 0.928. The molecule has 0 aromatic rings. The van der Waals surface area contributed by atoms with E-state index < -0.39 is 0 Å². The zero-order valence-corrected chi connectivity index (χ0v) is 6.39. The summed E-state index contributed by atoms with van der Waals surface area (Å²) in [5, 5.41) is 2.63. The maximum Gasteiger partial charge on any atom is 0.246 e. The fourth-order valence-electron chi connectivity index (χ4n) is 0.473. The molecule has 1 amide bonds. The number of hydrogen-bond donors (Lipinski definition) is 1. The predicted octanol–water partition coefficient (Wildman–Crippen LogP) is 0.325. The van der Waals surface area contributed by atoms with Crippen LogP contribution in [0.4, 0.5) is 0 Å². The van der Waals surface area contributed by atoms with E-state index in [1.165, 1.54) is 7.11 Å². The lowest BCUT2D eigenvalue weighted by Crippen LogP contribution is -2.26. The van der Waals surface area contributed by atoms with Gasteiger partial charge < -0.3 is 10.1 Å². The minimum Gasteiger partial charge on any atom is -0.375 e. The average molecular weight is 143 g/mol. The molecular formula is C7H13NO2. The van der Waals surface area contributed by atoms with Gasteiger partial charge in [-0.3, -0.25) is 4.79 Å². The van der Waals surface area contributed by atoms with Crippen LogP contribution in [0, 0.1) is 0 Å². The second-order valence-electron chi connectivity index (χ2n) is 1.81. The summed E-state index contributed by atoms with van der Waals surface area (Å²) in [6.45, 7) is 2.62. The van der Waals surface area contributed by atoms with Crippen LogP contribution in [0.5, 0.6) is 0 Å². The zero-order chi connectivity index (χ0) is 7.82. The third-order valence-corrected chi connectivity index (χ3v) is 0.928. The summed E-state index contributed by atoms with van der Waals surface area (Å²) < 4.78 is 4.60. The Bertz CT molecular complexity index is 121. The van der Waals surface area contributed by atoms with Crippen molar-refractivity contribution in [2.45, 2.75) is 6.92 Å². The summed E-state index contributed by atoms with van der Waals surface area (Å²) in [5.41, 5.74) is 0. The number of nitrogens with one attached hydrogen (secondary N) is 1. The highest BCUT2D eigenvalue weighted by molar-refractivity contribution is 5.77. The number of methoxy groups -OCH3 is 1. The minimum absolute atomic E-state index is 0.0828. The molecule has 3 heteroatoms. The van der Waals surface area contributed by atoms with Gasteiger partial charge >= 0.3 is 0 Å². The van der Waals surface area contributed by atoms with Crippen molar-refractivity contribution in [3.63, 3.8) is 0 Å². The molecule has 0 aliphatic carbocycles. The maximum atomic E-state index is 10.6.